The minimum absolute atomic E-state index is 0.00809. The summed E-state index contributed by atoms with van der Waals surface area (Å²) in [5.41, 5.74) is 0.801. The largest absolute Gasteiger partial charge is 0.505 e. The molecule has 1 N–H and O–H groups in total. The number of rotatable bonds is 13. The molecule has 0 aliphatic carbocycles. The molecule has 15 heteroatoms. The van der Waals surface area contributed by atoms with Gasteiger partial charge in [0.1, 0.15) is 23.1 Å². The van der Waals surface area contributed by atoms with E-state index in [9.17, 15) is 33.9 Å². The number of phenolic OH excluding ortho intramolecular Hbond substituents is 1. The topological polar surface area (TPSA) is 177 Å². The molecule has 0 saturated heterocycles. The van der Waals surface area contributed by atoms with Gasteiger partial charge in [0.05, 0.1) is 40.2 Å². The van der Waals surface area contributed by atoms with Gasteiger partial charge < -0.3 is 29.0 Å². The lowest BCUT2D eigenvalue weighted by molar-refractivity contribution is -0.138. The SMILES string of the molecule is CN(C)c1ccc(N=Nc2ccc(C(=O)CCCCOC(=O)/C(C#N)=C/c3ccccc3C(=O)Oc3cc4c(cc3F)C3(OC(=O)c5ccccc53)c3cc(F)c(O)cc3O4)cc2)cc1. The van der Waals surface area contributed by atoms with Crippen LogP contribution >= 0.6 is 0 Å². The lowest BCUT2D eigenvalue weighted by Crippen LogP contribution is -2.33. The molecule has 0 aromatic heterocycles. The third-order valence-corrected chi connectivity index (χ3v) is 10.7. The average Bonchev–Trinajstić information content (AvgIpc) is 3.60. The Kier molecular flexibility index (Phi) is 12.0. The Morgan fingerprint density at radius 3 is 2.17 bits per heavy atom. The number of esters is 3. The van der Waals surface area contributed by atoms with Crippen LogP contribution in [-0.2, 0) is 19.9 Å². The zero-order valence-electron chi connectivity index (χ0n) is 34.7. The van der Waals surface area contributed by atoms with Crippen LogP contribution in [-0.4, -0.2) is 49.5 Å². The number of anilines is 1. The van der Waals surface area contributed by atoms with E-state index < -0.39 is 52.2 Å². The highest BCUT2D eigenvalue weighted by atomic mass is 19.1. The number of hydrogen-bond acceptors (Lipinski definition) is 13. The fraction of sp³-hybridized carbons (Fsp3) is 0.140. The second-order valence-corrected chi connectivity index (χ2v) is 15.1. The third kappa shape index (κ3) is 8.65. The van der Waals surface area contributed by atoms with Crippen molar-refractivity contribution in [1.29, 1.82) is 5.26 Å². The van der Waals surface area contributed by atoms with Crippen LogP contribution in [0, 0.1) is 23.0 Å². The molecule has 13 nitrogen and oxygen atoms in total. The first-order valence-corrected chi connectivity index (χ1v) is 20.2. The standard InChI is InChI=1S/C50H36F2N4O9/c1-56(2)34-20-18-33(19-21-34)55-54-32-16-14-29(15-17-32)42(57)13-7-8-22-62-47(59)31(28-53)23-30-9-3-4-10-35(30)48(60)64-46-27-45-39(25-41(46)52)50(37-12-6-5-11-36(37)49(61)65-50)38-24-40(51)43(58)26-44(38)63-45/h3-6,9-12,14-21,23-27,58H,7-8,13,22H2,1-2H3/b31-23+,55-54?. The van der Waals surface area contributed by atoms with Gasteiger partial charge in [-0.2, -0.15) is 15.5 Å². The Morgan fingerprint density at radius 2 is 1.46 bits per heavy atom. The molecule has 0 radical (unpaired) electrons. The molecule has 0 fully saturated rings. The zero-order chi connectivity index (χ0) is 45.8. The van der Waals surface area contributed by atoms with E-state index in [0.29, 0.717) is 29.8 Å². The van der Waals surface area contributed by atoms with Crippen LogP contribution in [0.1, 0.15) is 72.6 Å². The van der Waals surface area contributed by atoms with Crippen molar-refractivity contribution in [3.05, 3.63) is 177 Å². The minimum atomic E-state index is -1.88. The highest BCUT2D eigenvalue weighted by molar-refractivity contribution is 6.02. The van der Waals surface area contributed by atoms with Crippen LogP contribution < -0.4 is 14.4 Å². The van der Waals surface area contributed by atoms with Crippen molar-refractivity contribution in [2.45, 2.75) is 24.9 Å². The predicted octanol–water partition coefficient (Wildman–Crippen LogP) is 10.4. The molecule has 1 unspecified atom stereocenters. The average molecular weight is 875 g/mol. The molecule has 0 saturated carbocycles. The molecule has 8 rings (SSSR count). The Morgan fingerprint density at radius 1 is 0.815 bits per heavy atom. The zero-order valence-corrected chi connectivity index (χ0v) is 34.7. The van der Waals surface area contributed by atoms with Crippen LogP contribution in [0.3, 0.4) is 0 Å². The molecule has 6 aromatic rings. The van der Waals surface area contributed by atoms with Gasteiger partial charge in [-0.15, -0.1) is 0 Å². The van der Waals surface area contributed by atoms with Gasteiger partial charge in [0.2, 0.25) is 0 Å². The molecule has 65 heavy (non-hydrogen) atoms. The van der Waals surface area contributed by atoms with Gasteiger partial charge in [-0.05, 0) is 97.3 Å². The Bertz CT molecular complexity index is 3000. The smallest absolute Gasteiger partial charge is 0.348 e. The number of benzene rings is 6. The maximum atomic E-state index is 16.0. The molecule has 1 atom stereocenters. The number of Topliss-reactive ketones (excluding diaryl/α,β-unsaturated/α-hetero) is 1. The number of carbonyl (C=O) groups excluding carboxylic acids is 4. The first-order chi connectivity index (χ1) is 31.4. The molecule has 324 valence electrons. The van der Waals surface area contributed by atoms with Crippen LogP contribution in [0.4, 0.5) is 25.8 Å². The van der Waals surface area contributed by atoms with E-state index in [2.05, 4.69) is 10.2 Å². The van der Waals surface area contributed by atoms with E-state index in [1.54, 1.807) is 54.6 Å². The van der Waals surface area contributed by atoms with E-state index in [4.69, 9.17) is 18.9 Å². The van der Waals surface area contributed by atoms with Crippen molar-refractivity contribution in [2.24, 2.45) is 10.2 Å². The van der Waals surface area contributed by atoms with E-state index in [1.165, 1.54) is 24.3 Å². The van der Waals surface area contributed by atoms with Gasteiger partial charge in [0.15, 0.2) is 34.5 Å². The van der Waals surface area contributed by atoms with E-state index in [-0.39, 0.29) is 63.7 Å². The molecule has 0 bridgehead atoms. The number of fused-ring (bicyclic) bond motifs is 6. The second-order valence-electron chi connectivity index (χ2n) is 15.1. The number of nitriles is 1. The molecular formula is C50H36F2N4O9. The molecule has 2 aliphatic heterocycles. The summed E-state index contributed by atoms with van der Waals surface area (Å²) in [6, 6.07) is 32.2. The van der Waals surface area contributed by atoms with Crippen LogP contribution in [0.2, 0.25) is 0 Å². The second kappa shape index (κ2) is 18.1. The lowest BCUT2D eigenvalue weighted by Gasteiger charge is -2.36. The maximum Gasteiger partial charge on any atom is 0.348 e. The van der Waals surface area contributed by atoms with Crippen LogP contribution in [0.5, 0.6) is 23.0 Å². The van der Waals surface area contributed by atoms with E-state index in [1.807, 2.05) is 43.3 Å². The van der Waals surface area contributed by atoms with E-state index >= 15 is 4.39 Å². The molecule has 0 amide bonds. The predicted molar refractivity (Wildman–Crippen MR) is 232 cm³/mol. The summed E-state index contributed by atoms with van der Waals surface area (Å²) in [7, 11) is 3.90. The molecule has 1 spiro atoms. The normalized spacial score (nSPS) is 14.7. The quantitative estimate of drug-likeness (QED) is 0.0222. The lowest BCUT2D eigenvalue weighted by atomic mass is 9.77. The van der Waals surface area contributed by atoms with Crippen molar-refractivity contribution in [3.8, 4) is 29.1 Å². The fourth-order valence-corrected chi connectivity index (χ4v) is 7.43. The number of ketones is 1. The highest BCUT2D eigenvalue weighted by Crippen LogP contribution is 2.57. The number of azo groups is 1. The van der Waals surface area contributed by atoms with Crippen LogP contribution in [0.25, 0.3) is 6.08 Å². The molecule has 2 heterocycles. The number of hydrogen-bond donors (Lipinski definition) is 1. The van der Waals surface area contributed by atoms with Gasteiger partial charge in [0, 0.05) is 49.5 Å². The van der Waals surface area contributed by atoms with E-state index in [0.717, 1.165) is 36.0 Å². The summed E-state index contributed by atoms with van der Waals surface area (Å²) in [6.07, 6.45) is 2.04. The Labute approximate surface area is 370 Å². The van der Waals surface area contributed by atoms with Crippen molar-refractivity contribution < 1.29 is 52.0 Å². The number of carbonyl (C=O) groups is 4. The molecule has 6 aromatic carbocycles. The first kappa shape index (κ1) is 43.2. The minimum Gasteiger partial charge on any atom is -0.505 e. The van der Waals surface area contributed by atoms with Crippen molar-refractivity contribution in [1.82, 2.24) is 0 Å². The maximum absolute atomic E-state index is 16.0. The third-order valence-electron chi connectivity index (χ3n) is 10.7. The Hall–Kier alpha value is -8.51. The van der Waals surface area contributed by atoms with Gasteiger partial charge in [-0.25, -0.2) is 23.2 Å². The number of halogens is 2. The van der Waals surface area contributed by atoms with Gasteiger partial charge in [-0.3, -0.25) is 4.79 Å². The number of ether oxygens (including phenoxy) is 4. The van der Waals surface area contributed by atoms with Gasteiger partial charge in [-0.1, -0.05) is 36.4 Å². The highest BCUT2D eigenvalue weighted by Gasteiger charge is 2.54. The first-order valence-electron chi connectivity index (χ1n) is 20.2. The van der Waals surface area contributed by atoms with Crippen LogP contribution in [0.15, 0.2) is 137 Å². The Balaban J connectivity index is 0.901. The summed E-state index contributed by atoms with van der Waals surface area (Å²) in [5.74, 6) is -6.60. The number of unbranched alkanes of at least 4 members (excludes halogenated alkanes) is 1. The monoisotopic (exact) mass is 874 g/mol. The van der Waals surface area contributed by atoms with Crippen molar-refractivity contribution in [3.63, 3.8) is 0 Å². The summed E-state index contributed by atoms with van der Waals surface area (Å²) in [6.45, 7) is -0.0888. The summed E-state index contributed by atoms with van der Waals surface area (Å²) in [4.78, 5) is 54.5. The molecular weight excluding hydrogens is 839 g/mol. The number of phenols is 1. The van der Waals surface area contributed by atoms with Gasteiger partial charge in [0.25, 0.3) is 0 Å². The molecule has 2 aliphatic rings. The number of nitrogens with zero attached hydrogens (tertiary/aromatic N) is 4. The van der Waals surface area contributed by atoms with Crippen molar-refractivity contribution >= 4 is 46.8 Å². The number of aromatic hydroxyl groups is 1. The summed E-state index contributed by atoms with van der Waals surface area (Å²) in [5, 5.41) is 28.5. The van der Waals surface area contributed by atoms with Gasteiger partial charge >= 0.3 is 17.9 Å². The fourth-order valence-electron chi connectivity index (χ4n) is 7.43. The summed E-state index contributed by atoms with van der Waals surface area (Å²) >= 11 is 0. The summed E-state index contributed by atoms with van der Waals surface area (Å²) < 4.78 is 53.5. The van der Waals surface area contributed by atoms with Crippen molar-refractivity contribution in [2.75, 3.05) is 25.6 Å².